The molecule has 0 radical (unpaired) electrons. The topological polar surface area (TPSA) is 121 Å². The second kappa shape index (κ2) is 9.75. The Morgan fingerprint density at radius 3 is 2.74 bits per heavy atom. The Hall–Kier alpha value is -4.50. The molecule has 0 unspecified atom stereocenters. The molecule has 0 spiro atoms. The van der Waals surface area contributed by atoms with Crippen LogP contribution in [-0.2, 0) is 6.54 Å². The zero-order valence-corrected chi connectivity index (χ0v) is 20.9. The average Bonchev–Trinajstić information content (AvgIpc) is 3.73. The van der Waals surface area contributed by atoms with E-state index in [4.69, 9.17) is 9.97 Å². The van der Waals surface area contributed by atoms with Gasteiger partial charge in [-0.25, -0.2) is 15.0 Å². The molecule has 9 nitrogen and oxygen atoms in total. The molecule has 0 amide bonds. The first-order valence-corrected chi connectivity index (χ1v) is 13.1. The third-order valence-electron chi connectivity index (χ3n) is 7.32. The lowest BCUT2D eigenvalue weighted by atomic mass is 10.1. The Bertz CT molecular complexity index is 1710. The zero-order valence-electron chi connectivity index (χ0n) is 20.9. The Morgan fingerprint density at radius 2 is 1.84 bits per heavy atom. The maximum absolute atomic E-state index is 4.97. The summed E-state index contributed by atoms with van der Waals surface area (Å²) in [6.45, 7) is 1.88. The molecule has 0 atom stereocenters. The van der Waals surface area contributed by atoms with Gasteiger partial charge in [0.05, 0.1) is 16.7 Å². The van der Waals surface area contributed by atoms with Gasteiger partial charge in [0.15, 0.2) is 17.2 Å². The van der Waals surface area contributed by atoms with Crippen molar-refractivity contribution in [2.24, 2.45) is 5.92 Å². The Kier molecular flexibility index (Phi) is 5.82. The van der Waals surface area contributed by atoms with E-state index in [0.29, 0.717) is 17.2 Å². The molecule has 0 saturated heterocycles. The SMILES string of the molecule is c1cncc(-c2ccnc3nc(-c4n[nH]c5ccc(-c6cncc(CNCC7CCCC7)c6)nc45)[nH]c23)c1. The van der Waals surface area contributed by atoms with E-state index in [2.05, 4.69) is 41.5 Å². The number of fused-ring (bicyclic) bond motifs is 2. The molecule has 188 valence electrons. The molecule has 1 aliphatic carbocycles. The average molecular weight is 502 g/mol. The van der Waals surface area contributed by atoms with Crippen molar-refractivity contribution in [1.82, 2.24) is 45.4 Å². The smallest absolute Gasteiger partial charge is 0.178 e. The van der Waals surface area contributed by atoms with Crippen molar-refractivity contribution in [3.8, 4) is 33.9 Å². The predicted octanol–water partition coefficient (Wildman–Crippen LogP) is 5.30. The number of pyridine rings is 4. The molecule has 7 rings (SSSR count). The molecule has 1 aliphatic rings. The monoisotopic (exact) mass is 501 g/mol. The molecule has 38 heavy (non-hydrogen) atoms. The van der Waals surface area contributed by atoms with Crippen LogP contribution in [0.2, 0.25) is 0 Å². The van der Waals surface area contributed by atoms with Crippen LogP contribution >= 0.6 is 0 Å². The van der Waals surface area contributed by atoms with Gasteiger partial charge in [0.25, 0.3) is 0 Å². The van der Waals surface area contributed by atoms with E-state index in [-0.39, 0.29) is 0 Å². The Labute approximate surface area is 219 Å². The van der Waals surface area contributed by atoms with Crippen molar-refractivity contribution < 1.29 is 0 Å². The number of hydrogen-bond acceptors (Lipinski definition) is 7. The molecule has 0 aliphatic heterocycles. The second-order valence-corrected chi connectivity index (χ2v) is 9.91. The highest BCUT2D eigenvalue weighted by atomic mass is 15.2. The third kappa shape index (κ3) is 4.31. The van der Waals surface area contributed by atoms with E-state index in [1.807, 2.05) is 48.9 Å². The van der Waals surface area contributed by atoms with Crippen LogP contribution < -0.4 is 5.32 Å². The molecule has 0 aromatic carbocycles. The van der Waals surface area contributed by atoms with Gasteiger partial charge in [-0.05, 0) is 61.2 Å². The van der Waals surface area contributed by atoms with Crippen molar-refractivity contribution in [3.05, 3.63) is 72.9 Å². The molecule has 9 heteroatoms. The van der Waals surface area contributed by atoms with Crippen LogP contribution in [0.5, 0.6) is 0 Å². The van der Waals surface area contributed by atoms with Gasteiger partial charge in [-0.1, -0.05) is 18.9 Å². The summed E-state index contributed by atoms with van der Waals surface area (Å²) in [5.41, 5.74) is 8.65. The summed E-state index contributed by atoms with van der Waals surface area (Å²) < 4.78 is 0. The van der Waals surface area contributed by atoms with Crippen molar-refractivity contribution in [2.75, 3.05) is 6.54 Å². The summed E-state index contributed by atoms with van der Waals surface area (Å²) >= 11 is 0. The fourth-order valence-corrected chi connectivity index (χ4v) is 5.37. The van der Waals surface area contributed by atoms with Gasteiger partial charge in [0, 0.05) is 54.2 Å². The Morgan fingerprint density at radius 1 is 0.921 bits per heavy atom. The molecule has 0 bridgehead atoms. The highest BCUT2D eigenvalue weighted by molar-refractivity contribution is 5.94. The zero-order chi connectivity index (χ0) is 25.3. The van der Waals surface area contributed by atoms with Gasteiger partial charge in [-0.3, -0.25) is 15.1 Å². The minimum atomic E-state index is 0.614. The third-order valence-corrected chi connectivity index (χ3v) is 7.32. The number of rotatable bonds is 7. The first-order valence-electron chi connectivity index (χ1n) is 13.1. The molecule has 1 fully saturated rings. The molecule has 3 N–H and O–H groups in total. The maximum Gasteiger partial charge on any atom is 0.178 e. The van der Waals surface area contributed by atoms with Gasteiger partial charge < -0.3 is 10.3 Å². The summed E-state index contributed by atoms with van der Waals surface area (Å²) in [5, 5.41) is 11.2. The summed E-state index contributed by atoms with van der Waals surface area (Å²) in [6, 6.07) is 12.1. The number of nitrogens with zero attached hydrogens (tertiary/aromatic N) is 6. The number of aromatic amines is 2. The molecule has 1 saturated carbocycles. The first kappa shape index (κ1) is 22.7. The molecular weight excluding hydrogens is 474 g/mol. The standard InChI is InChI=1S/C29H27N9/c1-2-5-18(4-1)13-31-14-19-12-21(17-32-15-19)23-7-8-24-26(34-23)27(38-37-24)29-35-25-22(9-11-33-28(25)36-29)20-6-3-10-30-16-20/h3,6-12,15-18,31H,1-2,4-5,13-14H2,(H,37,38)(H,33,35,36). The van der Waals surface area contributed by atoms with Gasteiger partial charge in [-0.15, -0.1) is 0 Å². The van der Waals surface area contributed by atoms with Crippen LogP contribution in [0.1, 0.15) is 31.2 Å². The fraction of sp³-hybridized carbons (Fsp3) is 0.241. The second-order valence-electron chi connectivity index (χ2n) is 9.91. The minimum absolute atomic E-state index is 0.614. The number of aromatic nitrogens is 8. The molecule has 6 aromatic rings. The van der Waals surface area contributed by atoms with Gasteiger partial charge in [0.1, 0.15) is 5.52 Å². The lowest BCUT2D eigenvalue weighted by Gasteiger charge is -2.11. The normalized spacial score (nSPS) is 14.1. The lowest BCUT2D eigenvalue weighted by molar-refractivity contribution is 0.489. The minimum Gasteiger partial charge on any atom is -0.335 e. The summed E-state index contributed by atoms with van der Waals surface area (Å²) in [7, 11) is 0. The van der Waals surface area contributed by atoms with Gasteiger partial charge >= 0.3 is 0 Å². The van der Waals surface area contributed by atoms with E-state index in [1.54, 1.807) is 12.4 Å². The number of hydrogen-bond donors (Lipinski definition) is 3. The van der Waals surface area contributed by atoms with Crippen molar-refractivity contribution in [2.45, 2.75) is 32.2 Å². The van der Waals surface area contributed by atoms with Gasteiger partial charge in [0.2, 0.25) is 0 Å². The van der Waals surface area contributed by atoms with Crippen LogP contribution in [0.3, 0.4) is 0 Å². The van der Waals surface area contributed by atoms with E-state index < -0.39 is 0 Å². The molecular formula is C29H27N9. The van der Waals surface area contributed by atoms with Gasteiger partial charge in [-0.2, -0.15) is 5.10 Å². The van der Waals surface area contributed by atoms with E-state index in [0.717, 1.165) is 63.5 Å². The number of imidazole rings is 1. The first-order chi connectivity index (χ1) is 18.8. The van der Waals surface area contributed by atoms with Crippen molar-refractivity contribution in [1.29, 1.82) is 0 Å². The van der Waals surface area contributed by atoms with Crippen LogP contribution in [0.4, 0.5) is 0 Å². The summed E-state index contributed by atoms with van der Waals surface area (Å²) in [5.74, 6) is 1.42. The Balaban J connectivity index is 1.20. The quantitative estimate of drug-likeness (QED) is 0.271. The molecule has 6 heterocycles. The van der Waals surface area contributed by atoms with Crippen LogP contribution in [0.15, 0.2) is 67.4 Å². The van der Waals surface area contributed by atoms with Crippen LogP contribution in [-0.4, -0.2) is 46.6 Å². The summed E-state index contributed by atoms with van der Waals surface area (Å²) in [4.78, 5) is 26.4. The largest absolute Gasteiger partial charge is 0.335 e. The van der Waals surface area contributed by atoms with Crippen molar-refractivity contribution >= 4 is 22.2 Å². The highest BCUT2D eigenvalue weighted by Gasteiger charge is 2.18. The van der Waals surface area contributed by atoms with E-state index in [9.17, 15) is 0 Å². The highest BCUT2D eigenvalue weighted by Crippen LogP contribution is 2.31. The number of nitrogens with one attached hydrogen (secondary N) is 3. The summed E-state index contributed by atoms with van der Waals surface area (Å²) in [6.07, 6.45) is 14.6. The van der Waals surface area contributed by atoms with E-state index >= 15 is 0 Å². The lowest BCUT2D eigenvalue weighted by Crippen LogP contribution is -2.20. The van der Waals surface area contributed by atoms with Crippen molar-refractivity contribution in [3.63, 3.8) is 0 Å². The van der Waals surface area contributed by atoms with Crippen LogP contribution in [0.25, 0.3) is 56.1 Å². The van der Waals surface area contributed by atoms with Crippen LogP contribution in [0, 0.1) is 5.92 Å². The maximum atomic E-state index is 4.97. The fourth-order valence-electron chi connectivity index (χ4n) is 5.37. The van der Waals surface area contributed by atoms with E-state index in [1.165, 1.54) is 25.7 Å². The predicted molar refractivity (Wildman–Crippen MR) is 147 cm³/mol. The number of H-pyrrole nitrogens is 2. The molecule has 6 aromatic heterocycles.